The molecular formula is C18H20. The molecule has 0 saturated heterocycles. The summed E-state index contributed by atoms with van der Waals surface area (Å²) in [6.07, 6.45) is 2.27. The quantitative estimate of drug-likeness (QED) is 0.622. The molecule has 92 valence electrons. The fourth-order valence-electron chi connectivity index (χ4n) is 2.91. The number of hydrogen-bond acceptors (Lipinski definition) is 0. The van der Waals surface area contributed by atoms with Crippen molar-refractivity contribution < 1.29 is 0 Å². The molecule has 2 atom stereocenters. The fraction of sp³-hybridized carbons (Fsp3) is 0.333. The number of hydrogen-bond donors (Lipinski definition) is 0. The minimum absolute atomic E-state index is 0.599. The van der Waals surface area contributed by atoms with Crippen molar-refractivity contribution in [2.45, 2.75) is 38.5 Å². The van der Waals surface area contributed by atoms with Gasteiger partial charge in [-0.25, -0.2) is 0 Å². The van der Waals surface area contributed by atoms with E-state index in [1.54, 1.807) is 0 Å². The summed E-state index contributed by atoms with van der Waals surface area (Å²) in [6, 6.07) is 18.4. The highest BCUT2D eigenvalue weighted by atomic mass is 14.2. The maximum Gasteiger partial charge on any atom is -0.0150 e. The molecule has 0 spiro atoms. The van der Waals surface area contributed by atoms with Gasteiger partial charge < -0.3 is 0 Å². The molecule has 18 heavy (non-hydrogen) atoms. The molecular weight excluding hydrogens is 216 g/mol. The van der Waals surface area contributed by atoms with Gasteiger partial charge in [0.15, 0.2) is 0 Å². The monoisotopic (exact) mass is 236 g/mol. The lowest BCUT2D eigenvalue weighted by molar-refractivity contribution is 0.735. The van der Waals surface area contributed by atoms with Crippen LogP contribution in [0.15, 0.2) is 48.5 Å². The van der Waals surface area contributed by atoms with Crippen LogP contribution in [0.2, 0.25) is 0 Å². The second kappa shape index (κ2) is 4.61. The largest absolute Gasteiger partial charge is 0.0587 e. The van der Waals surface area contributed by atoms with Crippen LogP contribution in [0.25, 0.3) is 0 Å². The zero-order valence-electron chi connectivity index (χ0n) is 11.2. The average molecular weight is 236 g/mol. The first-order valence-corrected chi connectivity index (χ1v) is 6.90. The van der Waals surface area contributed by atoms with Crippen LogP contribution in [-0.2, 0) is 12.8 Å². The third-order valence-corrected chi connectivity index (χ3v) is 4.18. The SMILES string of the molecule is CC1Cc2ccc(cc2)C(C)Cc2ccc1cc2. The van der Waals surface area contributed by atoms with Gasteiger partial charge in [0.1, 0.15) is 0 Å². The van der Waals surface area contributed by atoms with Crippen LogP contribution < -0.4 is 0 Å². The Bertz CT molecular complexity index is 467. The van der Waals surface area contributed by atoms with Gasteiger partial charge >= 0.3 is 0 Å². The Morgan fingerprint density at radius 2 is 0.944 bits per heavy atom. The van der Waals surface area contributed by atoms with Crippen LogP contribution in [0, 0.1) is 0 Å². The first-order valence-electron chi connectivity index (χ1n) is 6.90. The summed E-state index contributed by atoms with van der Waals surface area (Å²) in [5.74, 6) is 1.20. The maximum absolute atomic E-state index is 2.32. The van der Waals surface area contributed by atoms with E-state index < -0.39 is 0 Å². The van der Waals surface area contributed by atoms with E-state index in [9.17, 15) is 0 Å². The Morgan fingerprint density at radius 1 is 0.611 bits per heavy atom. The van der Waals surface area contributed by atoms with Crippen LogP contribution in [-0.4, -0.2) is 0 Å². The maximum atomic E-state index is 2.32. The zero-order valence-corrected chi connectivity index (χ0v) is 11.2. The predicted molar refractivity (Wildman–Crippen MR) is 77.1 cm³/mol. The second-order valence-electron chi connectivity index (χ2n) is 5.69. The summed E-state index contributed by atoms with van der Waals surface area (Å²) >= 11 is 0. The normalized spacial score (nSPS) is 22.6. The minimum atomic E-state index is 0.599. The molecule has 0 amide bonds. The summed E-state index contributed by atoms with van der Waals surface area (Å²) in [6.45, 7) is 4.63. The average Bonchev–Trinajstić information content (AvgIpc) is 2.39. The van der Waals surface area contributed by atoms with Crippen molar-refractivity contribution >= 4 is 0 Å². The third-order valence-electron chi connectivity index (χ3n) is 4.18. The van der Waals surface area contributed by atoms with Gasteiger partial charge in [-0.1, -0.05) is 62.4 Å². The number of rotatable bonds is 0. The summed E-state index contributed by atoms with van der Waals surface area (Å²) in [7, 11) is 0. The fourth-order valence-corrected chi connectivity index (χ4v) is 2.91. The van der Waals surface area contributed by atoms with Gasteiger partial charge in [-0.3, -0.25) is 0 Å². The van der Waals surface area contributed by atoms with Gasteiger partial charge in [0.2, 0.25) is 0 Å². The molecule has 0 heteroatoms. The molecule has 0 fully saturated rings. The number of benzene rings is 2. The van der Waals surface area contributed by atoms with Gasteiger partial charge in [0.25, 0.3) is 0 Å². The van der Waals surface area contributed by atoms with Crippen LogP contribution in [0.3, 0.4) is 0 Å². The predicted octanol–water partition coefficient (Wildman–Crippen LogP) is 4.69. The van der Waals surface area contributed by atoms with Crippen LogP contribution >= 0.6 is 0 Å². The standard InChI is InChI=1S/C18H20/c1-13-11-15-5-9-18(10-6-15)14(2)12-16-3-7-17(13)8-4-16/h3-10,13-14H,11-12H2,1-2H3. The smallest absolute Gasteiger partial charge is 0.0150 e. The molecule has 0 aromatic heterocycles. The lowest BCUT2D eigenvalue weighted by atomic mass is 9.87. The molecule has 2 aromatic rings. The summed E-state index contributed by atoms with van der Waals surface area (Å²) in [5.41, 5.74) is 5.80. The van der Waals surface area contributed by atoms with Gasteiger partial charge in [-0.2, -0.15) is 0 Å². The Balaban J connectivity index is 2.05. The lowest BCUT2D eigenvalue weighted by Gasteiger charge is -2.18. The van der Waals surface area contributed by atoms with Crippen LogP contribution in [0.1, 0.15) is 47.9 Å². The summed E-state index contributed by atoms with van der Waals surface area (Å²) < 4.78 is 0. The van der Waals surface area contributed by atoms with E-state index in [-0.39, 0.29) is 0 Å². The van der Waals surface area contributed by atoms with Gasteiger partial charge in [-0.05, 0) is 46.9 Å². The van der Waals surface area contributed by atoms with Crippen molar-refractivity contribution in [3.05, 3.63) is 70.8 Å². The second-order valence-corrected chi connectivity index (χ2v) is 5.69. The topological polar surface area (TPSA) is 0 Å². The van der Waals surface area contributed by atoms with Crippen molar-refractivity contribution in [2.24, 2.45) is 0 Å². The van der Waals surface area contributed by atoms with E-state index in [0.29, 0.717) is 11.8 Å². The lowest BCUT2D eigenvalue weighted by Crippen LogP contribution is -2.03. The molecule has 0 N–H and O–H groups in total. The molecule has 0 radical (unpaired) electrons. The molecule has 4 aliphatic rings. The van der Waals surface area contributed by atoms with E-state index in [1.165, 1.54) is 22.3 Å². The van der Waals surface area contributed by atoms with E-state index in [4.69, 9.17) is 0 Å². The van der Waals surface area contributed by atoms with E-state index in [1.807, 2.05) is 0 Å². The van der Waals surface area contributed by atoms with Gasteiger partial charge in [0, 0.05) is 0 Å². The molecule has 0 heterocycles. The minimum Gasteiger partial charge on any atom is -0.0587 e. The highest BCUT2D eigenvalue weighted by Crippen LogP contribution is 2.26. The first-order chi connectivity index (χ1) is 8.72. The van der Waals surface area contributed by atoms with E-state index in [2.05, 4.69) is 62.4 Å². The molecule has 2 aromatic carbocycles. The summed E-state index contributed by atoms with van der Waals surface area (Å²) in [4.78, 5) is 0. The van der Waals surface area contributed by atoms with E-state index in [0.717, 1.165) is 12.8 Å². The molecule has 0 nitrogen and oxygen atoms in total. The van der Waals surface area contributed by atoms with Crippen molar-refractivity contribution in [2.75, 3.05) is 0 Å². The van der Waals surface area contributed by atoms with Crippen molar-refractivity contribution in [3.8, 4) is 0 Å². The first kappa shape index (κ1) is 11.5. The molecule has 6 rings (SSSR count). The molecule has 4 bridgehead atoms. The van der Waals surface area contributed by atoms with Crippen LogP contribution in [0.4, 0.5) is 0 Å². The van der Waals surface area contributed by atoms with Crippen molar-refractivity contribution in [3.63, 3.8) is 0 Å². The Kier molecular flexibility index (Phi) is 2.95. The molecule has 0 saturated carbocycles. The summed E-state index contributed by atoms with van der Waals surface area (Å²) in [5, 5.41) is 0. The van der Waals surface area contributed by atoms with Crippen LogP contribution in [0.5, 0.6) is 0 Å². The molecule has 2 unspecified atom stereocenters. The highest BCUT2D eigenvalue weighted by Gasteiger charge is 2.12. The van der Waals surface area contributed by atoms with E-state index >= 15 is 0 Å². The highest BCUT2D eigenvalue weighted by molar-refractivity contribution is 5.32. The Morgan fingerprint density at radius 3 is 1.28 bits per heavy atom. The van der Waals surface area contributed by atoms with Crippen molar-refractivity contribution in [1.29, 1.82) is 0 Å². The van der Waals surface area contributed by atoms with Crippen molar-refractivity contribution in [1.82, 2.24) is 0 Å². The zero-order chi connectivity index (χ0) is 12.5. The third kappa shape index (κ3) is 2.20. The molecule has 0 aliphatic heterocycles. The molecule has 4 aliphatic carbocycles. The van der Waals surface area contributed by atoms with Gasteiger partial charge in [-0.15, -0.1) is 0 Å². The Labute approximate surface area is 110 Å². The Hall–Kier alpha value is -1.56. The van der Waals surface area contributed by atoms with Gasteiger partial charge in [0.05, 0.1) is 0 Å².